The molecule has 166 valence electrons. The Morgan fingerprint density at radius 1 is 0.938 bits per heavy atom. The van der Waals surface area contributed by atoms with Crippen molar-refractivity contribution in [2.45, 2.75) is 33.0 Å². The number of ether oxygens (including phenoxy) is 1. The monoisotopic (exact) mass is 434 g/mol. The van der Waals surface area contributed by atoms with Gasteiger partial charge in [0, 0.05) is 13.1 Å². The van der Waals surface area contributed by atoms with Gasteiger partial charge in [0.2, 0.25) is 5.91 Å². The molecule has 0 aliphatic heterocycles. The largest absolute Gasteiger partial charge is 0.484 e. The van der Waals surface area contributed by atoms with Crippen molar-refractivity contribution in [1.29, 1.82) is 0 Å². The number of rotatable bonds is 9. The molecule has 0 aliphatic carbocycles. The molecule has 1 N–H and O–H groups in total. The Labute approximate surface area is 187 Å². The summed E-state index contributed by atoms with van der Waals surface area (Å²) in [5.74, 6) is -0.404. The molecule has 0 saturated carbocycles. The molecule has 1 atom stereocenters. The highest BCUT2D eigenvalue weighted by Gasteiger charge is 2.26. The lowest BCUT2D eigenvalue weighted by Crippen LogP contribution is -2.48. The first-order valence-corrected chi connectivity index (χ1v) is 10.5. The lowest BCUT2D eigenvalue weighted by Gasteiger charge is -2.28. The number of halogens is 1. The molecule has 5 nitrogen and oxygen atoms in total. The smallest absolute Gasteiger partial charge is 0.261 e. The van der Waals surface area contributed by atoms with Crippen LogP contribution < -0.4 is 10.1 Å². The second-order valence-electron chi connectivity index (χ2n) is 7.63. The summed E-state index contributed by atoms with van der Waals surface area (Å²) < 4.78 is 18.9. The van der Waals surface area contributed by atoms with Crippen LogP contribution in [0, 0.1) is 12.7 Å². The number of amides is 2. The normalized spacial score (nSPS) is 11.5. The van der Waals surface area contributed by atoms with Gasteiger partial charge in [0.25, 0.3) is 5.91 Å². The van der Waals surface area contributed by atoms with Gasteiger partial charge >= 0.3 is 0 Å². The molecule has 0 aromatic heterocycles. The highest BCUT2D eigenvalue weighted by molar-refractivity contribution is 5.87. The van der Waals surface area contributed by atoms with Gasteiger partial charge < -0.3 is 15.0 Å². The third-order valence-electron chi connectivity index (χ3n) is 5.13. The van der Waals surface area contributed by atoms with E-state index in [4.69, 9.17) is 4.74 Å². The van der Waals surface area contributed by atoms with Crippen molar-refractivity contribution in [1.82, 2.24) is 10.2 Å². The lowest BCUT2D eigenvalue weighted by atomic mass is 10.1. The third kappa shape index (κ3) is 6.67. The van der Waals surface area contributed by atoms with E-state index in [9.17, 15) is 14.0 Å². The van der Waals surface area contributed by atoms with Crippen molar-refractivity contribution in [2.75, 3.05) is 6.61 Å². The molecule has 0 aliphatic rings. The summed E-state index contributed by atoms with van der Waals surface area (Å²) in [4.78, 5) is 27.3. The van der Waals surface area contributed by atoms with E-state index < -0.39 is 6.04 Å². The number of carbonyl (C=O) groups excluding carboxylic acids is 2. The van der Waals surface area contributed by atoms with Gasteiger partial charge in [-0.2, -0.15) is 0 Å². The second kappa shape index (κ2) is 11.1. The fourth-order valence-electron chi connectivity index (χ4n) is 3.16. The number of nitrogens with one attached hydrogen (secondary N) is 1. The summed E-state index contributed by atoms with van der Waals surface area (Å²) >= 11 is 0. The molecule has 3 aromatic rings. The van der Waals surface area contributed by atoms with Crippen LogP contribution in [0.3, 0.4) is 0 Å². The van der Waals surface area contributed by atoms with Gasteiger partial charge in [-0.15, -0.1) is 0 Å². The van der Waals surface area contributed by atoms with Crippen LogP contribution in [0.25, 0.3) is 0 Å². The molecule has 3 aromatic carbocycles. The first kappa shape index (κ1) is 23.0. The Morgan fingerprint density at radius 2 is 1.56 bits per heavy atom. The Hall–Kier alpha value is -3.67. The van der Waals surface area contributed by atoms with E-state index >= 15 is 0 Å². The zero-order valence-corrected chi connectivity index (χ0v) is 18.3. The number of aryl methyl sites for hydroxylation is 1. The number of hydrogen-bond donors (Lipinski definition) is 1. The second-order valence-corrected chi connectivity index (χ2v) is 7.63. The summed E-state index contributed by atoms with van der Waals surface area (Å²) in [5.41, 5.74) is 2.83. The molecule has 0 unspecified atom stereocenters. The Morgan fingerprint density at radius 3 is 2.22 bits per heavy atom. The van der Waals surface area contributed by atoms with Crippen LogP contribution in [0.4, 0.5) is 4.39 Å². The number of benzene rings is 3. The Balaban J connectivity index is 1.68. The van der Waals surface area contributed by atoms with Crippen molar-refractivity contribution >= 4 is 11.8 Å². The summed E-state index contributed by atoms with van der Waals surface area (Å²) in [7, 11) is 0. The van der Waals surface area contributed by atoms with E-state index in [0.717, 1.165) is 16.7 Å². The fraction of sp³-hybridized carbons (Fsp3) is 0.231. The van der Waals surface area contributed by atoms with Crippen LogP contribution in [0.1, 0.15) is 23.6 Å². The van der Waals surface area contributed by atoms with Crippen LogP contribution >= 0.6 is 0 Å². The maximum atomic E-state index is 13.3. The molecule has 32 heavy (non-hydrogen) atoms. The van der Waals surface area contributed by atoms with E-state index in [-0.39, 0.29) is 30.8 Å². The summed E-state index contributed by atoms with van der Waals surface area (Å²) in [6.07, 6.45) is 0. The number of para-hydroxylation sites is 1. The molecule has 0 spiro atoms. The highest BCUT2D eigenvalue weighted by atomic mass is 19.1. The minimum absolute atomic E-state index is 0.163. The van der Waals surface area contributed by atoms with Gasteiger partial charge in [-0.25, -0.2) is 4.39 Å². The predicted molar refractivity (Wildman–Crippen MR) is 121 cm³/mol. The maximum absolute atomic E-state index is 13.3. The van der Waals surface area contributed by atoms with E-state index in [1.165, 1.54) is 17.0 Å². The van der Waals surface area contributed by atoms with Crippen molar-refractivity contribution in [3.05, 3.63) is 101 Å². The minimum Gasteiger partial charge on any atom is -0.484 e. The molecular formula is C26H27FN2O3. The molecule has 3 rings (SSSR count). The molecule has 0 fully saturated rings. The minimum atomic E-state index is -0.739. The van der Waals surface area contributed by atoms with E-state index in [1.54, 1.807) is 31.2 Å². The molecule has 0 heterocycles. The highest BCUT2D eigenvalue weighted by Crippen LogP contribution is 2.13. The van der Waals surface area contributed by atoms with E-state index in [1.807, 2.05) is 49.4 Å². The van der Waals surface area contributed by atoms with E-state index in [2.05, 4.69) is 5.32 Å². The first-order chi connectivity index (χ1) is 15.4. The van der Waals surface area contributed by atoms with Gasteiger partial charge in [-0.05, 0) is 49.2 Å². The summed E-state index contributed by atoms with van der Waals surface area (Å²) in [6, 6.07) is 22.0. The van der Waals surface area contributed by atoms with Crippen LogP contribution in [0.2, 0.25) is 0 Å². The van der Waals surface area contributed by atoms with Crippen molar-refractivity contribution < 1.29 is 18.7 Å². The maximum Gasteiger partial charge on any atom is 0.261 e. The number of nitrogens with zero attached hydrogens (tertiary/aromatic N) is 1. The van der Waals surface area contributed by atoms with Crippen molar-refractivity contribution in [2.24, 2.45) is 0 Å². The molecule has 6 heteroatoms. The SMILES string of the molecule is Cc1ccc(CNC(=O)[C@H](C)N(Cc2ccc(F)cc2)C(=O)COc2ccccc2)cc1. The third-order valence-corrected chi connectivity index (χ3v) is 5.13. The van der Waals surface area contributed by atoms with Crippen LogP contribution in [0.15, 0.2) is 78.9 Å². The first-order valence-electron chi connectivity index (χ1n) is 10.5. The average molecular weight is 435 g/mol. The molecule has 0 radical (unpaired) electrons. The van der Waals surface area contributed by atoms with Crippen molar-refractivity contribution in [3.63, 3.8) is 0 Å². The molecule has 0 saturated heterocycles. The van der Waals surface area contributed by atoms with Crippen molar-refractivity contribution in [3.8, 4) is 5.75 Å². The fourth-order valence-corrected chi connectivity index (χ4v) is 3.16. The standard InChI is InChI=1S/C26H27FN2O3/c1-19-8-10-21(11-9-19)16-28-26(31)20(2)29(17-22-12-14-23(27)15-13-22)25(30)18-32-24-6-4-3-5-7-24/h3-15,20H,16-18H2,1-2H3,(H,28,31)/t20-/m0/s1. The van der Waals surface area contributed by atoms with Gasteiger partial charge in [0.15, 0.2) is 6.61 Å². The molecule has 0 bridgehead atoms. The van der Waals surface area contributed by atoms with Gasteiger partial charge in [-0.1, -0.05) is 60.2 Å². The number of hydrogen-bond acceptors (Lipinski definition) is 3. The van der Waals surface area contributed by atoms with Gasteiger partial charge in [0.05, 0.1) is 0 Å². The average Bonchev–Trinajstić information content (AvgIpc) is 2.82. The van der Waals surface area contributed by atoms with Crippen LogP contribution in [-0.2, 0) is 22.7 Å². The zero-order chi connectivity index (χ0) is 22.9. The molecular weight excluding hydrogens is 407 g/mol. The predicted octanol–water partition coefficient (Wildman–Crippen LogP) is 4.25. The van der Waals surface area contributed by atoms with Gasteiger partial charge in [-0.3, -0.25) is 9.59 Å². The zero-order valence-electron chi connectivity index (χ0n) is 18.3. The topological polar surface area (TPSA) is 58.6 Å². The molecule has 2 amide bonds. The quantitative estimate of drug-likeness (QED) is 0.548. The van der Waals surface area contributed by atoms with E-state index in [0.29, 0.717) is 12.3 Å². The van der Waals surface area contributed by atoms with Gasteiger partial charge in [0.1, 0.15) is 17.6 Å². The number of carbonyl (C=O) groups is 2. The Bertz CT molecular complexity index is 1020. The lowest BCUT2D eigenvalue weighted by molar-refractivity contribution is -0.142. The van der Waals surface area contributed by atoms with Crippen LogP contribution in [-0.4, -0.2) is 29.4 Å². The summed E-state index contributed by atoms with van der Waals surface area (Å²) in [5, 5.41) is 2.89. The van der Waals surface area contributed by atoms with Crippen LogP contribution in [0.5, 0.6) is 5.75 Å². The summed E-state index contributed by atoms with van der Waals surface area (Å²) in [6.45, 7) is 4.00. The Kier molecular flexibility index (Phi) is 7.97.